The summed E-state index contributed by atoms with van der Waals surface area (Å²) in [5.41, 5.74) is 4.49. The predicted molar refractivity (Wildman–Crippen MR) is 82.3 cm³/mol. The second-order valence-electron chi connectivity index (χ2n) is 4.50. The number of anilines is 1. The van der Waals surface area contributed by atoms with E-state index in [0.29, 0.717) is 0 Å². The van der Waals surface area contributed by atoms with Crippen LogP contribution in [0.3, 0.4) is 0 Å². The van der Waals surface area contributed by atoms with Crippen LogP contribution in [0.15, 0.2) is 47.2 Å². The highest BCUT2D eigenvalue weighted by Crippen LogP contribution is 2.26. The van der Waals surface area contributed by atoms with Gasteiger partial charge in [-0.05, 0) is 52.2 Å². The fraction of sp³-hybridized carbons (Fsp3) is 0.133. The average molecular weight is 316 g/mol. The van der Waals surface area contributed by atoms with Gasteiger partial charge in [-0.15, -0.1) is 0 Å². The van der Waals surface area contributed by atoms with Crippen LogP contribution in [-0.4, -0.2) is 9.97 Å². The summed E-state index contributed by atoms with van der Waals surface area (Å²) in [5, 5.41) is 4.62. The van der Waals surface area contributed by atoms with E-state index in [2.05, 4.69) is 62.4 Å². The van der Waals surface area contributed by atoms with E-state index in [1.807, 2.05) is 12.3 Å². The molecule has 19 heavy (non-hydrogen) atoms. The molecule has 2 heterocycles. The Bertz CT molecular complexity index is 718. The number of nitrogens with zero attached hydrogens (tertiary/aromatic N) is 1. The molecule has 4 heteroatoms. The summed E-state index contributed by atoms with van der Waals surface area (Å²) in [6.45, 7) is 2.86. The van der Waals surface area contributed by atoms with E-state index < -0.39 is 0 Å². The fourth-order valence-corrected chi connectivity index (χ4v) is 2.54. The summed E-state index contributed by atoms with van der Waals surface area (Å²) in [4.78, 5) is 7.48. The highest BCUT2D eigenvalue weighted by atomic mass is 79.9. The lowest BCUT2D eigenvalue weighted by Crippen LogP contribution is -2.00. The van der Waals surface area contributed by atoms with Gasteiger partial charge in [-0.25, -0.2) is 4.98 Å². The van der Waals surface area contributed by atoms with E-state index in [4.69, 9.17) is 0 Å². The SMILES string of the molecule is Cc1cccc(NCc2c[nH]c3ncccc23)c1Br. The van der Waals surface area contributed by atoms with Crippen molar-refractivity contribution in [2.75, 3.05) is 5.32 Å². The Labute approximate surface area is 120 Å². The number of halogens is 1. The molecule has 2 N–H and O–H groups in total. The normalized spacial score (nSPS) is 10.8. The Morgan fingerprint density at radius 2 is 2.16 bits per heavy atom. The average Bonchev–Trinajstić information content (AvgIpc) is 2.84. The van der Waals surface area contributed by atoms with Gasteiger partial charge in [-0.1, -0.05) is 12.1 Å². The number of aromatic amines is 1. The Morgan fingerprint density at radius 3 is 3.05 bits per heavy atom. The minimum absolute atomic E-state index is 0.772. The van der Waals surface area contributed by atoms with E-state index >= 15 is 0 Å². The number of hydrogen-bond donors (Lipinski definition) is 2. The first-order valence-corrected chi connectivity index (χ1v) is 6.95. The lowest BCUT2D eigenvalue weighted by molar-refractivity contribution is 1.15. The van der Waals surface area contributed by atoms with Gasteiger partial charge in [0.2, 0.25) is 0 Å². The van der Waals surface area contributed by atoms with Crippen LogP contribution in [0.2, 0.25) is 0 Å². The summed E-state index contributed by atoms with van der Waals surface area (Å²) < 4.78 is 1.12. The zero-order chi connectivity index (χ0) is 13.2. The van der Waals surface area contributed by atoms with Crippen LogP contribution in [0.4, 0.5) is 5.69 Å². The summed E-state index contributed by atoms with van der Waals surface area (Å²) in [6.07, 6.45) is 3.81. The first kappa shape index (κ1) is 12.2. The van der Waals surface area contributed by atoms with E-state index in [0.717, 1.165) is 22.4 Å². The summed E-state index contributed by atoms with van der Waals surface area (Å²) in [7, 11) is 0. The molecule has 0 bridgehead atoms. The molecule has 0 aliphatic heterocycles. The Balaban J connectivity index is 1.84. The van der Waals surface area contributed by atoms with Crippen molar-refractivity contribution in [2.24, 2.45) is 0 Å². The van der Waals surface area contributed by atoms with Gasteiger partial charge >= 0.3 is 0 Å². The number of nitrogens with one attached hydrogen (secondary N) is 2. The van der Waals surface area contributed by atoms with Crippen molar-refractivity contribution in [3.8, 4) is 0 Å². The van der Waals surface area contributed by atoms with Gasteiger partial charge in [-0.2, -0.15) is 0 Å². The number of fused-ring (bicyclic) bond motifs is 1. The topological polar surface area (TPSA) is 40.7 Å². The largest absolute Gasteiger partial charge is 0.380 e. The third-order valence-electron chi connectivity index (χ3n) is 3.20. The smallest absolute Gasteiger partial charge is 0.137 e. The van der Waals surface area contributed by atoms with Crippen molar-refractivity contribution in [3.63, 3.8) is 0 Å². The van der Waals surface area contributed by atoms with Crippen molar-refractivity contribution in [3.05, 3.63) is 58.3 Å². The zero-order valence-corrected chi connectivity index (χ0v) is 12.2. The predicted octanol–water partition coefficient (Wildman–Crippen LogP) is 4.25. The molecule has 0 fully saturated rings. The quantitative estimate of drug-likeness (QED) is 0.758. The van der Waals surface area contributed by atoms with Crippen molar-refractivity contribution < 1.29 is 0 Å². The second-order valence-corrected chi connectivity index (χ2v) is 5.30. The fourth-order valence-electron chi connectivity index (χ4n) is 2.13. The molecule has 3 rings (SSSR count). The number of aryl methyl sites for hydroxylation is 1. The first-order valence-electron chi connectivity index (χ1n) is 6.15. The number of pyridine rings is 1. The Hall–Kier alpha value is -1.81. The van der Waals surface area contributed by atoms with E-state index in [1.165, 1.54) is 16.5 Å². The standard InChI is InChI=1S/C15H14BrN3/c1-10-4-2-6-13(14(10)16)18-8-11-9-19-15-12(11)5-3-7-17-15/h2-7,9,18H,8H2,1H3,(H,17,19). The number of H-pyrrole nitrogens is 1. The minimum atomic E-state index is 0.772. The lowest BCUT2D eigenvalue weighted by Gasteiger charge is -2.09. The molecule has 0 aliphatic carbocycles. The van der Waals surface area contributed by atoms with Crippen LogP contribution in [0, 0.1) is 6.92 Å². The second kappa shape index (κ2) is 5.05. The molecule has 3 nitrogen and oxygen atoms in total. The van der Waals surface area contributed by atoms with Crippen LogP contribution < -0.4 is 5.32 Å². The van der Waals surface area contributed by atoms with Gasteiger partial charge in [0.25, 0.3) is 0 Å². The molecular weight excluding hydrogens is 302 g/mol. The highest BCUT2D eigenvalue weighted by Gasteiger charge is 2.05. The number of aromatic nitrogens is 2. The molecule has 0 aliphatic rings. The van der Waals surface area contributed by atoms with Crippen LogP contribution in [0.25, 0.3) is 11.0 Å². The number of hydrogen-bond acceptors (Lipinski definition) is 2. The number of benzene rings is 1. The summed E-state index contributed by atoms with van der Waals surface area (Å²) >= 11 is 3.61. The van der Waals surface area contributed by atoms with Crippen molar-refractivity contribution in [2.45, 2.75) is 13.5 Å². The molecular formula is C15H14BrN3. The molecule has 1 aromatic carbocycles. The van der Waals surface area contributed by atoms with Gasteiger partial charge in [-0.3, -0.25) is 0 Å². The van der Waals surface area contributed by atoms with Gasteiger partial charge in [0.15, 0.2) is 0 Å². The van der Waals surface area contributed by atoms with Crippen LogP contribution in [0.1, 0.15) is 11.1 Å². The zero-order valence-electron chi connectivity index (χ0n) is 10.6. The van der Waals surface area contributed by atoms with Gasteiger partial charge in [0, 0.05) is 34.5 Å². The Kier molecular flexibility index (Phi) is 3.25. The maximum atomic E-state index is 4.30. The molecule has 3 aromatic rings. The summed E-state index contributed by atoms with van der Waals surface area (Å²) in [5.74, 6) is 0. The number of rotatable bonds is 3. The molecule has 2 aromatic heterocycles. The Morgan fingerprint density at radius 1 is 1.26 bits per heavy atom. The van der Waals surface area contributed by atoms with Crippen molar-refractivity contribution in [1.82, 2.24) is 9.97 Å². The molecule has 0 atom stereocenters. The monoisotopic (exact) mass is 315 g/mol. The molecule has 0 radical (unpaired) electrons. The first-order chi connectivity index (χ1) is 9.25. The van der Waals surface area contributed by atoms with Crippen LogP contribution in [-0.2, 0) is 6.54 Å². The van der Waals surface area contributed by atoms with E-state index in [-0.39, 0.29) is 0 Å². The minimum Gasteiger partial charge on any atom is -0.380 e. The third-order valence-corrected chi connectivity index (χ3v) is 4.25. The van der Waals surface area contributed by atoms with Gasteiger partial charge in [0.1, 0.15) is 5.65 Å². The van der Waals surface area contributed by atoms with Crippen LogP contribution >= 0.6 is 15.9 Å². The maximum absolute atomic E-state index is 4.30. The molecule has 0 saturated carbocycles. The molecule has 0 amide bonds. The van der Waals surface area contributed by atoms with Gasteiger partial charge in [0.05, 0.1) is 0 Å². The van der Waals surface area contributed by atoms with E-state index in [1.54, 1.807) is 6.20 Å². The van der Waals surface area contributed by atoms with Crippen molar-refractivity contribution >= 4 is 32.7 Å². The maximum Gasteiger partial charge on any atom is 0.137 e. The van der Waals surface area contributed by atoms with Crippen LogP contribution in [0.5, 0.6) is 0 Å². The molecule has 0 unspecified atom stereocenters. The summed E-state index contributed by atoms with van der Waals surface area (Å²) in [6, 6.07) is 10.3. The molecule has 96 valence electrons. The highest BCUT2D eigenvalue weighted by molar-refractivity contribution is 9.10. The molecule has 0 saturated heterocycles. The van der Waals surface area contributed by atoms with Gasteiger partial charge < -0.3 is 10.3 Å². The third kappa shape index (κ3) is 2.36. The lowest BCUT2D eigenvalue weighted by atomic mass is 10.2. The van der Waals surface area contributed by atoms with Crippen molar-refractivity contribution in [1.29, 1.82) is 0 Å². The molecule has 0 spiro atoms. The van der Waals surface area contributed by atoms with E-state index in [9.17, 15) is 0 Å².